The highest BCUT2D eigenvalue weighted by atomic mass is 32.1. The van der Waals surface area contributed by atoms with E-state index in [0.29, 0.717) is 6.61 Å². The van der Waals surface area contributed by atoms with Crippen molar-refractivity contribution < 1.29 is 13.5 Å². The van der Waals surface area contributed by atoms with E-state index in [-0.39, 0.29) is 6.35 Å². The second-order valence-corrected chi connectivity index (χ2v) is 7.00. The van der Waals surface area contributed by atoms with Gasteiger partial charge in [0, 0.05) is 9.75 Å². The molecule has 1 atom stereocenters. The predicted molar refractivity (Wildman–Crippen MR) is 85.0 cm³/mol. The minimum absolute atomic E-state index is 0.319. The van der Waals surface area contributed by atoms with E-state index in [1.165, 1.54) is 16.0 Å². The van der Waals surface area contributed by atoms with Crippen LogP contribution in [0.2, 0.25) is 0 Å². The predicted octanol–water partition coefficient (Wildman–Crippen LogP) is 6.08. The number of rotatable bonds is 8. The molecular formula is C15H21FO2PS+. The van der Waals surface area contributed by atoms with E-state index >= 15 is 0 Å². The third-order valence-electron chi connectivity index (χ3n) is 2.60. The summed E-state index contributed by atoms with van der Waals surface area (Å²) >= 11 is 1.62. The number of ether oxygens (including phenoxy) is 1. The number of thiophene rings is 1. The van der Waals surface area contributed by atoms with E-state index in [1.54, 1.807) is 11.3 Å². The molecule has 20 heavy (non-hydrogen) atoms. The van der Waals surface area contributed by atoms with Crippen LogP contribution >= 0.6 is 19.4 Å². The molecule has 110 valence electrons. The normalized spacial score (nSPS) is 12.4. The maximum Gasteiger partial charge on any atom is 0.586 e. The Bertz CT molecular complexity index is 502. The van der Waals surface area contributed by atoms with Crippen molar-refractivity contribution >= 4 is 25.5 Å². The van der Waals surface area contributed by atoms with E-state index in [0.717, 1.165) is 17.7 Å². The Hall–Kier alpha value is -0.830. The first-order valence-corrected chi connectivity index (χ1v) is 8.70. The maximum atomic E-state index is 12.1. The van der Waals surface area contributed by atoms with Gasteiger partial charge in [-0.2, -0.15) is 0 Å². The largest absolute Gasteiger partial charge is 0.586 e. The van der Waals surface area contributed by atoms with E-state index in [2.05, 4.69) is 32.9 Å². The number of halogens is 1. The monoisotopic (exact) mass is 315 g/mol. The van der Waals surface area contributed by atoms with Gasteiger partial charge in [0.2, 0.25) is 0 Å². The van der Waals surface area contributed by atoms with Gasteiger partial charge in [0.05, 0.1) is 10.8 Å². The Morgan fingerprint density at radius 2 is 2.15 bits per heavy atom. The lowest BCUT2D eigenvalue weighted by Crippen LogP contribution is -1.87. The molecule has 0 saturated heterocycles. The third kappa shape index (κ3) is 7.68. The Kier molecular flexibility index (Phi) is 7.90. The second-order valence-electron chi connectivity index (χ2n) is 4.91. The molecule has 0 N–H and O–H groups in total. The first kappa shape index (κ1) is 17.2. The van der Waals surface area contributed by atoms with Crippen molar-refractivity contribution in [1.82, 2.24) is 0 Å². The number of hydrogen-bond donors (Lipinski definition) is 0. The van der Waals surface area contributed by atoms with Crippen molar-refractivity contribution in [1.29, 1.82) is 0 Å². The van der Waals surface area contributed by atoms with Gasteiger partial charge in [-0.1, -0.05) is 17.2 Å². The minimum atomic E-state index is -2.70. The molecule has 1 rings (SSSR count). The topological polar surface area (TPSA) is 26.3 Å². The van der Waals surface area contributed by atoms with Crippen LogP contribution in [0.3, 0.4) is 0 Å². The molecular weight excluding hydrogens is 294 g/mol. The van der Waals surface area contributed by atoms with Crippen molar-refractivity contribution in [3.8, 4) is 0 Å². The molecule has 0 radical (unpaired) electrons. The van der Waals surface area contributed by atoms with Crippen molar-refractivity contribution in [2.45, 2.75) is 40.2 Å². The minimum Gasteiger partial charge on any atom is -0.329 e. The first-order chi connectivity index (χ1) is 9.47. The standard InChI is InChI=1S/C15H21FO2PS/c1-12(2)5-4-6-13(3)9-14-7-8-15(20-14)10-18-11-19(16)17/h5,7-9H,4,6,10-11H2,1-3H3/q+1/b13-9+. The molecule has 1 aromatic heterocycles. The van der Waals surface area contributed by atoms with Crippen LogP contribution in [-0.4, -0.2) is 6.35 Å². The zero-order chi connectivity index (χ0) is 15.0. The van der Waals surface area contributed by atoms with Gasteiger partial charge in [0.1, 0.15) is 0 Å². The molecule has 0 spiro atoms. The van der Waals surface area contributed by atoms with E-state index in [9.17, 15) is 8.76 Å². The average molecular weight is 315 g/mol. The molecule has 0 saturated carbocycles. The highest BCUT2D eigenvalue weighted by Gasteiger charge is 2.13. The number of allylic oxidation sites excluding steroid dienone is 3. The highest BCUT2D eigenvalue weighted by molar-refractivity contribution is 7.38. The lowest BCUT2D eigenvalue weighted by Gasteiger charge is -1.98. The van der Waals surface area contributed by atoms with Crippen LogP contribution in [-0.2, 0) is 15.9 Å². The van der Waals surface area contributed by atoms with E-state index < -0.39 is 8.11 Å². The van der Waals surface area contributed by atoms with Gasteiger partial charge in [-0.3, -0.25) is 0 Å². The van der Waals surface area contributed by atoms with Crippen molar-refractivity contribution in [2.24, 2.45) is 0 Å². The summed E-state index contributed by atoms with van der Waals surface area (Å²) in [5, 5.41) is 0. The molecule has 0 aliphatic rings. The molecule has 0 aliphatic carbocycles. The summed E-state index contributed by atoms with van der Waals surface area (Å²) in [5.74, 6) is 0. The molecule has 1 aromatic rings. The zero-order valence-corrected chi connectivity index (χ0v) is 13.9. The Labute approximate surface area is 125 Å². The smallest absolute Gasteiger partial charge is 0.329 e. The molecule has 1 unspecified atom stereocenters. The van der Waals surface area contributed by atoms with Gasteiger partial charge in [-0.25, -0.2) is 0 Å². The second kappa shape index (κ2) is 9.17. The van der Waals surface area contributed by atoms with Gasteiger partial charge in [-0.15, -0.1) is 11.3 Å². The van der Waals surface area contributed by atoms with Crippen LogP contribution in [0.15, 0.2) is 29.4 Å². The quantitative estimate of drug-likeness (QED) is 0.429. The summed E-state index contributed by atoms with van der Waals surface area (Å²) in [4.78, 5) is 2.19. The number of hydrogen-bond acceptors (Lipinski definition) is 3. The van der Waals surface area contributed by atoms with Crippen LogP contribution in [0, 0.1) is 0 Å². The Balaban J connectivity index is 2.45. The summed E-state index contributed by atoms with van der Waals surface area (Å²) < 4.78 is 27.4. The maximum absolute atomic E-state index is 12.1. The summed E-state index contributed by atoms with van der Waals surface area (Å²) in [6.07, 6.45) is 6.21. The summed E-state index contributed by atoms with van der Waals surface area (Å²) in [6.45, 7) is 6.66. The fourth-order valence-corrected chi connectivity index (χ4v) is 2.88. The fourth-order valence-electron chi connectivity index (χ4n) is 1.67. The van der Waals surface area contributed by atoms with Gasteiger partial charge < -0.3 is 4.74 Å². The Morgan fingerprint density at radius 3 is 2.80 bits per heavy atom. The highest BCUT2D eigenvalue weighted by Crippen LogP contribution is 2.24. The van der Waals surface area contributed by atoms with Crippen molar-refractivity contribution in [3.05, 3.63) is 39.1 Å². The van der Waals surface area contributed by atoms with Crippen LogP contribution in [0.4, 0.5) is 4.20 Å². The molecule has 5 heteroatoms. The van der Waals surface area contributed by atoms with E-state index in [1.807, 2.05) is 12.1 Å². The molecule has 0 bridgehead atoms. The SMILES string of the molecule is CC(C)=CCC/C(C)=C/c1ccc(COC[P+](=O)F)s1. The third-order valence-corrected chi connectivity index (χ3v) is 3.99. The van der Waals surface area contributed by atoms with Gasteiger partial charge in [0.25, 0.3) is 6.35 Å². The van der Waals surface area contributed by atoms with Gasteiger partial charge in [-0.05, 0) is 56.4 Å². The molecule has 0 aromatic carbocycles. The van der Waals surface area contributed by atoms with Crippen LogP contribution in [0.1, 0.15) is 43.4 Å². The van der Waals surface area contributed by atoms with Crippen LogP contribution in [0.5, 0.6) is 0 Å². The molecule has 1 heterocycles. The van der Waals surface area contributed by atoms with Gasteiger partial charge in [0.15, 0.2) is 0 Å². The first-order valence-electron chi connectivity index (χ1n) is 6.55. The van der Waals surface area contributed by atoms with Crippen molar-refractivity contribution in [2.75, 3.05) is 6.35 Å². The zero-order valence-electron chi connectivity index (χ0n) is 12.2. The fraction of sp³-hybridized carbons (Fsp3) is 0.467. The van der Waals surface area contributed by atoms with Gasteiger partial charge >= 0.3 is 8.11 Å². The van der Waals surface area contributed by atoms with Crippen LogP contribution < -0.4 is 0 Å². The van der Waals surface area contributed by atoms with Crippen LogP contribution in [0.25, 0.3) is 6.08 Å². The average Bonchev–Trinajstić information content (AvgIpc) is 2.75. The molecule has 0 amide bonds. The summed E-state index contributed by atoms with van der Waals surface area (Å²) in [5.41, 5.74) is 2.68. The lowest BCUT2D eigenvalue weighted by molar-refractivity contribution is 0.164. The molecule has 0 aliphatic heterocycles. The Morgan fingerprint density at radius 1 is 1.40 bits per heavy atom. The van der Waals surface area contributed by atoms with Crippen molar-refractivity contribution in [3.63, 3.8) is 0 Å². The molecule has 2 nitrogen and oxygen atoms in total. The summed E-state index contributed by atoms with van der Waals surface area (Å²) in [6, 6.07) is 3.99. The lowest BCUT2D eigenvalue weighted by atomic mass is 10.1. The summed E-state index contributed by atoms with van der Waals surface area (Å²) in [7, 11) is -2.70. The van der Waals surface area contributed by atoms with E-state index in [4.69, 9.17) is 4.74 Å². The molecule has 0 fully saturated rings.